The molecule has 1 aromatic rings. The summed E-state index contributed by atoms with van der Waals surface area (Å²) in [5.41, 5.74) is 1.25. The maximum Gasteiger partial charge on any atom is 0.193 e. The molecule has 0 aromatic heterocycles. The van der Waals surface area contributed by atoms with Crippen LogP contribution in [0.5, 0.6) is 11.5 Å². The Labute approximate surface area is 210 Å². The van der Waals surface area contributed by atoms with E-state index in [0.29, 0.717) is 18.8 Å². The van der Waals surface area contributed by atoms with Gasteiger partial charge in [-0.05, 0) is 63.1 Å². The van der Waals surface area contributed by atoms with E-state index in [4.69, 9.17) is 18.9 Å². The summed E-state index contributed by atoms with van der Waals surface area (Å²) >= 11 is 0. The van der Waals surface area contributed by atoms with Gasteiger partial charge in [-0.3, -0.25) is 4.99 Å². The third kappa shape index (κ3) is 8.26. The standard InChI is InChI=1S/C24H39N3O4.HI/c1-4-29-23-17-19(9-10-22(23)28-3)7-5-13-26-24(25-2)27-14-11-20(12-15-27)31-18-21-8-6-16-30-21;/h9-10,17,20-21H,4-8,11-16,18H2,1-3H3,(H,25,26);1H. The molecule has 2 aliphatic rings. The number of aryl methyl sites for hydroxylation is 1. The van der Waals surface area contributed by atoms with Crippen molar-refractivity contribution in [2.45, 2.75) is 57.7 Å². The summed E-state index contributed by atoms with van der Waals surface area (Å²) in [5.74, 6) is 2.59. The maximum absolute atomic E-state index is 6.09. The first-order valence-electron chi connectivity index (χ1n) is 11.7. The number of methoxy groups -OCH3 is 1. The quantitative estimate of drug-likeness (QED) is 0.203. The Hall–Kier alpha value is -1.26. The Morgan fingerprint density at radius 2 is 2.03 bits per heavy atom. The molecule has 7 nitrogen and oxygen atoms in total. The van der Waals surface area contributed by atoms with Crippen LogP contribution in [0.25, 0.3) is 0 Å². The molecule has 2 heterocycles. The Morgan fingerprint density at radius 3 is 2.69 bits per heavy atom. The van der Waals surface area contributed by atoms with Crippen LogP contribution in [0.15, 0.2) is 23.2 Å². The van der Waals surface area contributed by atoms with Crippen LogP contribution in [-0.4, -0.2) is 76.7 Å². The number of piperidine rings is 1. The number of likely N-dealkylation sites (tertiary alicyclic amines) is 1. The maximum atomic E-state index is 6.09. The molecule has 1 unspecified atom stereocenters. The van der Waals surface area contributed by atoms with Crippen molar-refractivity contribution in [2.75, 3.05) is 53.6 Å². The smallest absolute Gasteiger partial charge is 0.193 e. The van der Waals surface area contributed by atoms with Crippen LogP contribution in [0.2, 0.25) is 0 Å². The predicted octanol–water partition coefficient (Wildman–Crippen LogP) is 3.88. The summed E-state index contributed by atoms with van der Waals surface area (Å²) in [6, 6.07) is 6.17. The van der Waals surface area contributed by atoms with E-state index in [0.717, 1.165) is 82.4 Å². The number of benzene rings is 1. The highest BCUT2D eigenvalue weighted by Gasteiger charge is 2.24. The molecular formula is C24H40IN3O4. The number of hydrogen-bond donors (Lipinski definition) is 1. The minimum atomic E-state index is 0. The van der Waals surface area contributed by atoms with Gasteiger partial charge in [0.05, 0.1) is 32.5 Å². The number of hydrogen-bond acceptors (Lipinski definition) is 5. The molecule has 2 aliphatic heterocycles. The Balaban J connectivity index is 0.00000363. The van der Waals surface area contributed by atoms with Gasteiger partial charge < -0.3 is 29.2 Å². The molecule has 8 heteroatoms. The van der Waals surface area contributed by atoms with Gasteiger partial charge in [0, 0.05) is 33.3 Å². The van der Waals surface area contributed by atoms with Crippen molar-refractivity contribution < 1.29 is 18.9 Å². The van der Waals surface area contributed by atoms with E-state index >= 15 is 0 Å². The van der Waals surface area contributed by atoms with Gasteiger partial charge in [0.25, 0.3) is 0 Å². The molecule has 182 valence electrons. The summed E-state index contributed by atoms with van der Waals surface area (Å²) in [5, 5.41) is 3.52. The lowest BCUT2D eigenvalue weighted by Crippen LogP contribution is -2.47. The van der Waals surface area contributed by atoms with Crippen LogP contribution >= 0.6 is 24.0 Å². The second kappa shape index (κ2) is 14.8. The molecule has 1 aromatic carbocycles. The largest absolute Gasteiger partial charge is 0.493 e. The zero-order valence-corrected chi connectivity index (χ0v) is 22.1. The average molecular weight is 562 g/mol. The van der Waals surface area contributed by atoms with Crippen LogP contribution in [0, 0.1) is 0 Å². The lowest BCUT2D eigenvalue weighted by Gasteiger charge is -2.34. The number of halogens is 1. The molecule has 0 radical (unpaired) electrons. The highest BCUT2D eigenvalue weighted by atomic mass is 127. The second-order valence-electron chi connectivity index (χ2n) is 8.15. The van der Waals surface area contributed by atoms with Crippen LogP contribution in [0.4, 0.5) is 0 Å². The van der Waals surface area contributed by atoms with Crippen LogP contribution in [0.1, 0.15) is 44.6 Å². The molecule has 0 aliphatic carbocycles. The van der Waals surface area contributed by atoms with E-state index in [9.17, 15) is 0 Å². The first-order valence-corrected chi connectivity index (χ1v) is 11.7. The molecule has 0 spiro atoms. The van der Waals surface area contributed by atoms with E-state index in [2.05, 4.69) is 27.3 Å². The van der Waals surface area contributed by atoms with E-state index in [1.54, 1.807) is 7.11 Å². The van der Waals surface area contributed by atoms with Gasteiger partial charge in [-0.15, -0.1) is 24.0 Å². The number of nitrogens with one attached hydrogen (secondary N) is 1. The Bertz CT molecular complexity index is 690. The fourth-order valence-corrected chi connectivity index (χ4v) is 4.22. The monoisotopic (exact) mass is 561 g/mol. The topological polar surface area (TPSA) is 64.6 Å². The van der Waals surface area contributed by atoms with Crippen LogP contribution < -0.4 is 14.8 Å². The van der Waals surface area contributed by atoms with Crippen LogP contribution in [-0.2, 0) is 15.9 Å². The molecule has 1 atom stereocenters. The van der Waals surface area contributed by atoms with E-state index in [-0.39, 0.29) is 24.0 Å². The Morgan fingerprint density at radius 1 is 1.22 bits per heavy atom. The SMILES string of the molecule is CCOc1cc(CCCNC(=NC)N2CCC(OCC3CCCO3)CC2)ccc1OC.I. The molecule has 2 saturated heterocycles. The Kier molecular flexibility index (Phi) is 12.5. The van der Waals surface area contributed by atoms with Crippen LogP contribution in [0.3, 0.4) is 0 Å². The highest BCUT2D eigenvalue weighted by Crippen LogP contribution is 2.28. The van der Waals surface area contributed by atoms with Gasteiger partial charge in [0.15, 0.2) is 17.5 Å². The first-order chi connectivity index (χ1) is 15.2. The third-order valence-electron chi connectivity index (χ3n) is 5.95. The first kappa shape index (κ1) is 27.0. The lowest BCUT2D eigenvalue weighted by molar-refractivity contribution is -0.0367. The van der Waals surface area contributed by atoms with Crippen molar-refractivity contribution in [3.05, 3.63) is 23.8 Å². The predicted molar refractivity (Wildman–Crippen MR) is 139 cm³/mol. The number of rotatable bonds is 10. The number of ether oxygens (including phenoxy) is 4. The van der Waals surface area contributed by atoms with Crippen molar-refractivity contribution in [1.82, 2.24) is 10.2 Å². The van der Waals surface area contributed by atoms with Gasteiger partial charge in [-0.25, -0.2) is 0 Å². The second-order valence-corrected chi connectivity index (χ2v) is 8.15. The van der Waals surface area contributed by atoms with Crippen molar-refractivity contribution in [3.8, 4) is 11.5 Å². The zero-order chi connectivity index (χ0) is 21.9. The number of guanidine groups is 1. The van der Waals surface area contributed by atoms with Gasteiger partial charge in [-0.1, -0.05) is 6.07 Å². The van der Waals surface area contributed by atoms with E-state index < -0.39 is 0 Å². The van der Waals surface area contributed by atoms with Crippen molar-refractivity contribution >= 4 is 29.9 Å². The molecular weight excluding hydrogens is 521 g/mol. The fraction of sp³-hybridized carbons (Fsp3) is 0.708. The van der Waals surface area contributed by atoms with Gasteiger partial charge in [0.2, 0.25) is 0 Å². The minimum Gasteiger partial charge on any atom is -0.493 e. The van der Waals surface area contributed by atoms with E-state index in [1.165, 1.54) is 12.0 Å². The van der Waals surface area contributed by atoms with E-state index in [1.807, 2.05) is 20.0 Å². The zero-order valence-electron chi connectivity index (χ0n) is 19.8. The summed E-state index contributed by atoms with van der Waals surface area (Å²) < 4.78 is 22.8. The fourth-order valence-electron chi connectivity index (χ4n) is 4.22. The molecule has 32 heavy (non-hydrogen) atoms. The normalized spacial score (nSPS) is 19.5. The van der Waals surface area contributed by atoms with Gasteiger partial charge in [0.1, 0.15) is 0 Å². The summed E-state index contributed by atoms with van der Waals surface area (Å²) in [6.07, 6.45) is 7.04. The number of nitrogens with zero attached hydrogens (tertiary/aromatic N) is 2. The highest BCUT2D eigenvalue weighted by molar-refractivity contribution is 14.0. The van der Waals surface area contributed by atoms with Gasteiger partial charge in [-0.2, -0.15) is 0 Å². The number of aliphatic imine (C=N–C) groups is 1. The molecule has 2 fully saturated rings. The summed E-state index contributed by atoms with van der Waals surface area (Å²) in [4.78, 5) is 6.83. The summed E-state index contributed by atoms with van der Waals surface area (Å²) in [7, 11) is 3.53. The van der Waals surface area contributed by atoms with Crippen molar-refractivity contribution in [2.24, 2.45) is 4.99 Å². The summed E-state index contributed by atoms with van der Waals surface area (Å²) in [6.45, 7) is 7.10. The molecule has 0 bridgehead atoms. The average Bonchev–Trinajstić information content (AvgIpc) is 3.32. The molecule has 0 amide bonds. The lowest BCUT2D eigenvalue weighted by atomic mass is 10.1. The third-order valence-corrected chi connectivity index (χ3v) is 5.95. The van der Waals surface area contributed by atoms with Crippen molar-refractivity contribution in [1.29, 1.82) is 0 Å². The molecule has 1 N–H and O–H groups in total. The minimum absolute atomic E-state index is 0. The molecule has 3 rings (SSSR count). The van der Waals surface area contributed by atoms with Crippen molar-refractivity contribution in [3.63, 3.8) is 0 Å². The molecule has 0 saturated carbocycles. The van der Waals surface area contributed by atoms with Gasteiger partial charge >= 0.3 is 0 Å².